The van der Waals surface area contributed by atoms with Gasteiger partial charge >= 0.3 is 0 Å². The van der Waals surface area contributed by atoms with E-state index in [0.29, 0.717) is 16.2 Å². The fourth-order valence-corrected chi connectivity index (χ4v) is 7.49. The molecule has 0 bridgehead atoms. The molecule has 0 heterocycles. The highest BCUT2D eigenvalue weighted by atomic mass is 14.6. The predicted molar refractivity (Wildman–Crippen MR) is 90.1 cm³/mol. The first kappa shape index (κ1) is 14.3. The van der Waals surface area contributed by atoms with Gasteiger partial charge in [-0.05, 0) is 78.9 Å². The zero-order chi connectivity index (χ0) is 14.9. The Labute approximate surface area is 131 Å². The van der Waals surface area contributed by atoms with Crippen molar-refractivity contribution in [2.45, 2.75) is 85.5 Å². The first-order valence-corrected chi connectivity index (χ1v) is 9.58. The summed E-state index contributed by atoms with van der Waals surface area (Å²) in [6.45, 7) is 10.3. The highest BCUT2D eigenvalue weighted by Crippen LogP contribution is 2.66. The van der Waals surface area contributed by atoms with Gasteiger partial charge in [0.1, 0.15) is 0 Å². The molecule has 0 amide bonds. The number of fused-ring (bicyclic) bond motifs is 5. The molecule has 21 heavy (non-hydrogen) atoms. The van der Waals surface area contributed by atoms with Gasteiger partial charge < -0.3 is 0 Å². The fraction of sp³-hybridized carbons (Fsp3) is 0.905. The number of hydrogen-bond donors (Lipinski definition) is 0. The molecule has 0 aromatic rings. The lowest BCUT2D eigenvalue weighted by molar-refractivity contribution is -0.0362. The molecule has 4 aliphatic carbocycles. The summed E-state index contributed by atoms with van der Waals surface area (Å²) in [5, 5.41) is 0. The van der Waals surface area contributed by atoms with E-state index >= 15 is 0 Å². The Hall–Kier alpha value is -0.260. The Bertz CT molecular complexity index is 470. The van der Waals surface area contributed by atoms with E-state index in [4.69, 9.17) is 0 Å². The summed E-state index contributed by atoms with van der Waals surface area (Å²) in [4.78, 5) is 0. The molecule has 0 saturated heterocycles. The molecule has 0 aliphatic heterocycles. The third-order valence-electron chi connectivity index (χ3n) is 8.47. The topological polar surface area (TPSA) is 0 Å². The van der Waals surface area contributed by atoms with Crippen LogP contribution in [0.4, 0.5) is 0 Å². The zero-order valence-electron chi connectivity index (χ0n) is 14.7. The van der Waals surface area contributed by atoms with Gasteiger partial charge in [0.15, 0.2) is 0 Å². The molecule has 3 saturated carbocycles. The van der Waals surface area contributed by atoms with Crippen LogP contribution < -0.4 is 0 Å². The van der Waals surface area contributed by atoms with Gasteiger partial charge in [-0.1, -0.05) is 52.2 Å². The molecule has 5 atom stereocenters. The maximum Gasteiger partial charge on any atom is -0.00799 e. The second kappa shape index (κ2) is 4.39. The number of allylic oxidation sites excluding steroid dienone is 2. The zero-order valence-corrected chi connectivity index (χ0v) is 14.7. The largest absolute Gasteiger partial charge is 0.0839 e. The second-order valence-electron chi connectivity index (χ2n) is 9.97. The summed E-state index contributed by atoms with van der Waals surface area (Å²) in [7, 11) is 0. The van der Waals surface area contributed by atoms with Crippen LogP contribution in [0, 0.1) is 34.0 Å². The van der Waals surface area contributed by atoms with E-state index in [9.17, 15) is 0 Å². The van der Waals surface area contributed by atoms with Gasteiger partial charge in [-0.15, -0.1) is 0 Å². The fourth-order valence-electron chi connectivity index (χ4n) is 7.49. The summed E-state index contributed by atoms with van der Waals surface area (Å²) < 4.78 is 0. The van der Waals surface area contributed by atoms with Crippen LogP contribution >= 0.6 is 0 Å². The van der Waals surface area contributed by atoms with Crippen molar-refractivity contribution < 1.29 is 0 Å². The summed E-state index contributed by atoms with van der Waals surface area (Å²) in [6, 6.07) is 0. The molecular formula is C21H34. The van der Waals surface area contributed by atoms with Gasteiger partial charge in [-0.3, -0.25) is 0 Å². The van der Waals surface area contributed by atoms with E-state index < -0.39 is 0 Å². The molecule has 4 rings (SSSR count). The van der Waals surface area contributed by atoms with Crippen molar-refractivity contribution in [1.29, 1.82) is 0 Å². The average Bonchev–Trinajstić information content (AvgIpc) is 2.79. The SMILES string of the molecule is CC1(C)CCC[C@]2(C)C1=CC[C@@H]1[C@H]3CCC[C@@]3(C)CC[C@H]12. The second-order valence-corrected chi connectivity index (χ2v) is 9.97. The molecule has 0 radical (unpaired) electrons. The van der Waals surface area contributed by atoms with Crippen LogP contribution in [-0.4, -0.2) is 0 Å². The molecule has 0 spiro atoms. The van der Waals surface area contributed by atoms with Crippen LogP contribution in [0.25, 0.3) is 0 Å². The molecular weight excluding hydrogens is 252 g/mol. The van der Waals surface area contributed by atoms with Crippen molar-refractivity contribution in [3.63, 3.8) is 0 Å². The van der Waals surface area contributed by atoms with Crippen molar-refractivity contribution in [2.75, 3.05) is 0 Å². The molecule has 4 aliphatic rings. The lowest BCUT2D eigenvalue weighted by atomic mass is 9.45. The van der Waals surface area contributed by atoms with Crippen molar-refractivity contribution in [3.8, 4) is 0 Å². The number of rotatable bonds is 0. The van der Waals surface area contributed by atoms with Gasteiger partial charge in [0, 0.05) is 0 Å². The smallest absolute Gasteiger partial charge is 0.00799 e. The third kappa shape index (κ3) is 1.86. The molecule has 0 aromatic heterocycles. The molecule has 0 aromatic carbocycles. The minimum absolute atomic E-state index is 0.467. The highest BCUT2D eigenvalue weighted by molar-refractivity contribution is 5.29. The minimum Gasteiger partial charge on any atom is -0.0839 e. The van der Waals surface area contributed by atoms with Gasteiger partial charge in [0.05, 0.1) is 0 Å². The molecule has 0 heteroatoms. The lowest BCUT2D eigenvalue weighted by Crippen LogP contribution is -2.50. The van der Waals surface area contributed by atoms with Crippen LogP contribution in [0.1, 0.15) is 85.5 Å². The van der Waals surface area contributed by atoms with Crippen LogP contribution in [0.5, 0.6) is 0 Å². The predicted octanol–water partition coefficient (Wildman–Crippen LogP) is 6.37. The van der Waals surface area contributed by atoms with Crippen molar-refractivity contribution in [2.24, 2.45) is 34.0 Å². The molecule has 0 nitrogen and oxygen atoms in total. The van der Waals surface area contributed by atoms with Crippen molar-refractivity contribution >= 4 is 0 Å². The van der Waals surface area contributed by atoms with E-state index in [1.54, 1.807) is 0 Å². The standard InChI is InChI=1S/C21H34/c1-19(2)11-6-13-21(4)17-10-14-20(3)12-5-7-16(20)15(17)8-9-18(19)21/h9,15-17H,5-8,10-14H2,1-4H3/t15-,16-,17-,20+,21+/m1/s1. The Morgan fingerprint density at radius 1 is 0.857 bits per heavy atom. The van der Waals surface area contributed by atoms with Crippen LogP contribution in [-0.2, 0) is 0 Å². The average molecular weight is 287 g/mol. The van der Waals surface area contributed by atoms with Crippen LogP contribution in [0.15, 0.2) is 11.6 Å². The summed E-state index contributed by atoms with van der Waals surface area (Å²) in [5.74, 6) is 3.04. The van der Waals surface area contributed by atoms with Crippen LogP contribution in [0.2, 0.25) is 0 Å². The van der Waals surface area contributed by atoms with E-state index in [2.05, 4.69) is 33.8 Å². The van der Waals surface area contributed by atoms with E-state index in [1.807, 2.05) is 5.57 Å². The molecule has 118 valence electrons. The van der Waals surface area contributed by atoms with E-state index in [1.165, 1.54) is 57.8 Å². The summed E-state index contributed by atoms with van der Waals surface area (Å²) >= 11 is 0. The maximum atomic E-state index is 2.73. The normalized spacial score (nSPS) is 51.6. The van der Waals surface area contributed by atoms with Gasteiger partial charge in [0.25, 0.3) is 0 Å². The van der Waals surface area contributed by atoms with E-state index in [-0.39, 0.29) is 0 Å². The van der Waals surface area contributed by atoms with E-state index in [0.717, 1.165) is 17.8 Å². The molecule has 0 unspecified atom stereocenters. The third-order valence-corrected chi connectivity index (χ3v) is 8.47. The lowest BCUT2D eigenvalue weighted by Gasteiger charge is -2.59. The highest BCUT2D eigenvalue weighted by Gasteiger charge is 2.57. The first-order valence-electron chi connectivity index (χ1n) is 9.58. The summed E-state index contributed by atoms with van der Waals surface area (Å²) in [6.07, 6.45) is 16.0. The Morgan fingerprint density at radius 3 is 2.48 bits per heavy atom. The number of hydrogen-bond acceptors (Lipinski definition) is 0. The monoisotopic (exact) mass is 286 g/mol. The Kier molecular flexibility index (Phi) is 3.00. The Balaban J connectivity index is 1.73. The molecule has 3 fully saturated rings. The van der Waals surface area contributed by atoms with Crippen molar-refractivity contribution in [3.05, 3.63) is 11.6 Å². The first-order chi connectivity index (χ1) is 9.87. The maximum absolute atomic E-state index is 2.73. The Morgan fingerprint density at radius 2 is 1.67 bits per heavy atom. The minimum atomic E-state index is 0.467. The quantitative estimate of drug-likeness (QED) is 0.454. The van der Waals surface area contributed by atoms with Gasteiger partial charge in [-0.2, -0.15) is 0 Å². The molecule has 0 N–H and O–H groups in total. The van der Waals surface area contributed by atoms with Gasteiger partial charge in [-0.25, -0.2) is 0 Å². The van der Waals surface area contributed by atoms with Crippen molar-refractivity contribution in [1.82, 2.24) is 0 Å². The van der Waals surface area contributed by atoms with Gasteiger partial charge in [0.2, 0.25) is 0 Å². The van der Waals surface area contributed by atoms with Crippen LogP contribution in [0.3, 0.4) is 0 Å². The summed E-state index contributed by atoms with van der Waals surface area (Å²) in [5.41, 5.74) is 3.56.